The first-order valence-corrected chi connectivity index (χ1v) is 6.03. The van der Waals surface area contributed by atoms with Gasteiger partial charge < -0.3 is 0 Å². The largest absolute Gasteiger partial charge is 0.235 e. The first-order chi connectivity index (χ1) is 8.27. The quantitative estimate of drug-likeness (QED) is 0.402. The van der Waals surface area contributed by atoms with Crippen LogP contribution in [0.2, 0.25) is 0 Å². The Labute approximate surface area is 102 Å². The van der Waals surface area contributed by atoms with E-state index in [1.807, 2.05) is 0 Å². The zero-order valence-electron chi connectivity index (χ0n) is 10.2. The predicted octanol–water partition coefficient (Wildman–Crippen LogP) is 2.41. The first kappa shape index (κ1) is 13.6. The van der Waals surface area contributed by atoms with Gasteiger partial charge in [0.05, 0.1) is 13.1 Å². The summed E-state index contributed by atoms with van der Waals surface area (Å²) in [5.74, 6) is 1.22. The molecule has 0 saturated heterocycles. The minimum Gasteiger partial charge on any atom is -0.211 e. The van der Waals surface area contributed by atoms with Gasteiger partial charge in [0.1, 0.15) is 0 Å². The van der Waals surface area contributed by atoms with Gasteiger partial charge in [-0.15, -0.1) is 0 Å². The van der Waals surface area contributed by atoms with Crippen molar-refractivity contribution in [1.29, 1.82) is 0 Å². The number of rotatable bonds is 6. The third kappa shape index (κ3) is 4.90. The molecule has 0 saturated carbocycles. The molecule has 0 spiro atoms. The molecule has 17 heavy (non-hydrogen) atoms. The summed E-state index contributed by atoms with van der Waals surface area (Å²) in [4.78, 5) is 27.1. The Balaban J connectivity index is 2.36. The summed E-state index contributed by atoms with van der Waals surface area (Å²) in [6.07, 6.45) is 9.45. The van der Waals surface area contributed by atoms with Crippen LogP contribution in [0.4, 0.5) is 0 Å². The first-order valence-electron chi connectivity index (χ1n) is 6.03. The second-order valence-electron chi connectivity index (χ2n) is 4.54. The summed E-state index contributed by atoms with van der Waals surface area (Å²) in [6.45, 7) is 3.28. The van der Waals surface area contributed by atoms with Gasteiger partial charge in [0.15, 0.2) is 0 Å². The third-order valence-corrected chi connectivity index (χ3v) is 3.46. The van der Waals surface area contributed by atoms with Crippen LogP contribution < -0.4 is 0 Å². The Morgan fingerprint density at radius 1 is 1.41 bits per heavy atom. The van der Waals surface area contributed by atoms with E-state index in [1.54, 1.807) is 12.2 Å². The number of allylic oxidation sites excluding steroid dienone is 1. The van der Waals surface area contributed by atoms with Gasteiger partial charge in [0, 0.05) is 0 Å². The van der Waals surface area contributed by atoms with Gasteiger partial charge in [-0.25, -0.2) is 19.6 Å². The molecule has 0 aromatic carbocycles. The lowest BCUT2D eigenvalue weighted by atomic mass is 9.80. The molecule has 0 N–H and O–H groups in total. The van der Waals surface area contributed by atoms with E-state index >= 15 is 0 Å². The molecule has 92 valence electrons. The Morgan fingerprint density at radius 3 is 2.76 bits per heavy atom. The Bertz CT molecular complexity index is 364. The van der Waals surface area contributed by atoms with Crippen LogP contribution in [0.5, 0.6) is 0 Å². The number of aliphatic imine (C=N–C) groups is 2. The summed E-state index contributed by atoms with van der Waals surface area (Å²) < 4.78 is 0. The van der Waals surface area contributed by atoms with Crippen molar-refractivity contribution in [2.24, 2.45) is 21.8 Å². The van der Waals surface area contributed by atoms with Crippen molar-refractivity contribution in [1.82, 2.24) is 0 Å². The fourth-order valence-corrected chi connectivity index (χ4v) is 2.25. The van der Waals surface area contributed by atoms with Crippen molar-refractivity contribution in [3.63, 3.8) is 0 Å². The average molecular weight is 234 g/mol. The van der Waals surface area contributed by atoms with Crippen molar-refractivity contribution in [3.8, 4) is 0 Å². The van der Waals surface area contributed by atoms with Gasteiger partial charge in [-0.3, -0.25) is 0 Å². The van der Waals surface area contributed by atoms with E-state index in [0.29, 0.717) is 24.9 Å². The summed E-state index contributed by atoms with van der Waals surface area (Å²) in [6, 6.07) is 0. The lowest BCUT2D eigenvalue weighted by Gasteiger charge is -2.26. The Hall–Kier alpha value is -1.50. The van der Waals surface area contributed by atoms with Gasteiger partial charge in [-0.2, -0.15) is 0 Å². The number of nitrogens with zero attached hydrogens (tertiary/aromatic N) is 2. The van der Waals surface area contributed by atoms with Crippen LogP contribution in [0.1, 0.15) is 32.6 Å². The highest BCUT2D eigenvalue weighted by Gasteiger charge is 2.19. The van der Waals surface area contributed by atoms with E-state index in [-0.39, 0.29) is 0 Å². The monoisotopic (exact) mass is 234 g/mol. The number of hydrogen-bond donors (Lipinski definition) is 0. The van der Waals surface area contributed by atoms with Gasteiger partial charge in [0.25, 0.3) is 0 Å². The van der Waals surface area contributed by atoms with Gasteiger partial charge in [-0.05, 0) is 37.5 Å². The maximum atomic E-state index is 10.0. The van der Waals surface area contributed by atoms with E-state index in [4.69, 9.17) is 0 Å². The molecule has 0 aromatic heterocycles. The lowest BCUT2D eigenvalue weighted by molar-refractivity contribution is 0.313. The molecule has 0 aliphatic heterocycles. The van der Waals surface area contributed by atoms with Gasteiger partial charge in [-0.1, -0.05) is 18.6 Å². The van der Waals surface area contributed by atoms with E-state index in [0.717, 1.165) is 25.7 Å². The predicted molar refractivity (Wildman–Crippen MR) is 65.2 cm³/mol. The van der Waals surface area contributed by atoms with Crippen LogP contribution >= 0.6 is 0 Å². The third-order valence-electron chi connectivity index (χ3n) is 3.46. The second-order valence-corrected chi connectivity index (χ2v) is 4.54. The fraction of sp³-hybridized carbons (Fsp3) is 0.692. The Morgan fingerprint density at radius 2 is 2.18 bits per heavy atom. The summed E-state index contributed by atoms with van der Waals surface area (Å²) in [5, 5.41) is 0. The normalized spacial score (nSPS) is 20.8. The van der Waals surface area contributed by atoms with Crippen molar-refractivity contribution in [2.75, 3.05) is 13.1 Å². The summed E-state index contributed by atoms with van der Waals surface area (Å²) in [7, 11) is 0. The van der Waals surface area contributed by atoms with Crippen LogP contribution in [-0.4, -0.2) is 25.2 Å². The van der Waals surface area contributed by atoms with Crippen LogP contribution in [-0.2, 0) is 9.59 Å². The molecule has 1 rings (SSSR count). The van der Waals surface area contributed by atoms with Crippen LogP contribution in [0.15, 0.2) is 21.6 Å². The second kappa shape index (κ2) is 7.72. The zero-order valence-corrected chi connectivity index (χ0v) is 10.2. The highest BCUT2D eigenvalue weighted by Crippen LogP contribution is 2.31. The smallest absolute Gasteiger partial charge is 0.211 e. The molecule has 4 nitrogen and oxygen atoms in total. The molecule has 1 aliphatic rings. The molecule has 0 fully saturated rings. The van der Waals surface area contributed by atoms with Crippen LogP contribution in [0.3, 0.4) is 0 Å². The molecule has 2 unspecified atom stereocenters. The number of carbonyl (C=O) groups excluding carboxylic acids is 2. The van der Waals surface area contributed by atoms with Crippen molar-refractivity contribution in [2.45, 2.75) is 32.6 Å². The van der Waals surface area contributed by atoms with E-state index in [1.165, 1.54) is 5.57 Å². The molecular weight excluding hydrogens is 216 g/mol. The average Bonchev–Trinajstić information content (AvgIpc) is 2.37. The van der Waals surface area contributed by atoms with Crippen molar-refractivity contribution < 1.29 is 9.59 Å². The van der Waals surface area contributed by atoms with Crippen LogP contribution in [0.25, 0.3) is 0 Å². The number of hydrogen-bond acceptors (Lipinski definition) is 4. The topological polar surface area (TPSA) is 58.9 Å². The van der Waals surface area contributed by atoms with Gasteiger partial charge >= 0.3 is 0 Å². The molecule has 0 radical (unpaired) electrons. The maximum absolute atomic E-state index is 10.0. The zero-order chi connectivity index (χ0) is 12.5. The Kier molecular flexibility index (Phi) is 6.16. The molecule has 0 aromatic rings. The summed E-state index contributed by atoms with van der Waals surface area (Å²) >= 11 is 0. The molecule has 0 heterocycles. The highest BCUT2D eigenvalue weighted by molar-refractivity contribution is 5.34. The molecule has 0 amide bonds. The standard InChI is InChI=1S/C13H18N2O2/c1-11(6-7-14-9-16)13-4-2-12(3-5-13)8-15-10-17/h2,11,13H,3-8H2,1H3. The SMILES string of the molecule is CC(CCN=C=O)C1CC=C(CN=C=O)CC1. The maximum Gasteiger partial charge on any atom is 0.235 e. The molecular formula is C13H18N2O2. The molecule has 4 heteroatoms. The lowest BCUT2D eigenvalue weighted by Crippen LogP contribution is -2.16. The van der Waals surface area contributed by atoms with Gasteiger partial charge in [0.2, 0.25) is 12.2 Å². The van der Waals surface area contributed by atoms with E-state index in [9.17, 15) is 9.59 Å². The molecule has 1 aliphatic carbocycles. The molecule has 0 bridgehead atoms. The van der Waals surface area contributed by atoms with Crippen LogP contribution in [0, 0.1) is 11.8 Å². The van der Waals surface area contributed by atoms with E-state index in [2.05, 4.69) is 23.0 Å². The summed E-state index contributed by atoms with van der Waals surface area (Å²) in [5.41, 5.74) is 1.24. The fourth-order valence-electron chi connectivity index (χ4n) is 2.25. The van der Waals surface area contributed by atoms with E-state index < -0.39 is 0 Å². The van der Waals surface area contributed by atoms with Crippen molar-refractivity contribution >= 4 is 12.2 Å². The minimum atomic E-state index is 0.500. The van der Waals surface area contributed by atoms with Crippen molar-refractivity contribution in [3.05, 3.63) is 11.6 Å². The number of isocyanates is 2. The highest BCUT2D eigenvalue weighted by atomic mass is 16.1. The molecule has 2 atom stereocenters. The minimum absolute atomic E-state index is 0.500.